The average Bonchev–Trinajstić information content (AvgIpc) is 3.06. The molecule has 2 aromatic rings. The second-order valence-corrected chi connectivity index (χ2v) is 9.04. The summed E-state index contributed by atoms with van der Waals surface area (Å²) in [5.41, 5.74) is 2.29. The molecule has 4 nitrogen and oxygen atoms in total. The lowest BCUT2D eigenvalue weighted by Gasteiger charge is -2.21. The number of benzene rings is 1. The van der Waals surface area contributed by atoms with Gasteiger partial charge in [0, 0.05) is 24.4 Å². The van der Waals surface area contributed by atoms with E-state index in [0.717, 1.165) is 23.5 Å². The van der Waals surface area contributed by atoms with E-state index < -0.39 is 9.84 Å². The minimum atomic E-state index is -2.83. The molecule has 0 radical (unpaired) electrons. The van der Waals surface area contributed by atoms with Crippen molar-refractivity contribution >= 4 is 21.2 Å². The van der Waals surface area contributed by atoms with Gasteiger partial charge in [0.1, 0.15) is 0 Å². The normalized spacial score (nSPS) is 20.5. The highest BCUT2D eigenvalue weighted by atomic mass is 32.2. The summed E-state index contributed by atoms with van der Waals surface area (Å²) < 4.78 is 23.1. The molecule has 0 spiro atoms. The molecule has 118 valence electrons. The molecular formula is C16H20N2O2S2. The van der Waals surface area contributed by atoms with Crippen LogP contribution in [-0.4, -0.2) is 42.9 Å². The third kappa shape index (κ3) is 3.94. The van der Waals surface area contributed by atoms with Crippen molar-refractivity contribution in [3.63, 3.8) is 0 Å². The van der Waals surface area contributed by atoms with Crippen LogP contribution in [0.4, 0.5) is 0 Å². The number of aromatic nitrogens is 1. The van der Waals surface area contributed by atoms with E-state index in [9.17, 15) is 8.42 Å². The molecule has 0 N–H and O–H groups in total. The Hall–Kier alpha value is -1.24. The summed E-state index contributed by atoms with van der Waals surface area (Å²) in [4.78, 5) is 6.80. The van der Waals surface area contributed by atoms with E-state index in [1.54, 1.807) is 11.3 Å². The molecule has 0 saturated carbocycles. The van der Waals surface area contributed by atoms with Crippen LogP contribution in [0, 0.1) is 0 Å². The lowest BCUT2D eigenvalue weighted by molar-refractivity contribution is 0.251. The Morgan fingerprint density at radius 2 is 2.09 bits per heavy atom. The van der Waals surface area contributed by atoms with Gasteiger partial charge in [0.25, 0.3) is 0 Å². The van der Waals surface area contributed by atoms with Crippen LogP contribution in [-0.2, 0) is 22.8 Å². The van der Waals surface area contributed by atoms with Crippen LogP contribution >= 0.6 is 11.3 Å². The van der Waals surface area contributed by atoms with Crippen molar-refractivity contribution in [2.75, 3.05) is 18.6 Å². The lowest BCUT2D eigenvalue weighted by atomic mass is 10.2. The van der Waals surface area contributed by atoms with Gasteiger partial charge in [-0.05, 0) is 19.0 Å². The predicted molar refractivity (Wildman–Crippen MR) is 89.9 cm³/mol. The van der Waals surface area contributed by atoms with Crippen molar-refractivity contribution < 1.29 is 8.42 Å². The molecule has 2 heterocycles. The fourth-order valence-electron chi connectivity index (χ4n) is 2.78. The van der Waals surface area contributed by atoms with Gasteiger partial charge in [0.05, 0.1) is 22.2 Å². The van der Waals surface area contributed by atoms with E-state index >= 15 is 0 Å². The fourth-order valence-corrected chi connectivity index (χ4v) is 5.41. The van der Waals surface area contributed by atoms with Gasteiger partial charge in [-0.2, -0.15) is 0 Å². The van der Waals surface area contributed by atoms with Crippen molar-refractivity contribution in [3.8, 4) is 0 Å². The van der Waals surface area contributed by atoms with E-state index in [4.69, 9.17) is 0 Å². The highest BCUT2D eigenvalue weighted by Gasteiger charge is 2.30. The van der Waals surface area contributed by atoms with Gasteiger partial charge < -0.3 is 0 Å². The molecule has 0 aliphatic carbocycles. The Bertz CT molecular complexity index is 726. The van der Waals surface area contributed by atoms with Gasteiger partial charge in [-0.25, -0.2) is 13.4 Å². The van der Waals surface area contributed by atoms with E-state index in [-0.39, 0.29) is 11.8 Å². The maximum absolute atomic E-state index is 11.6. The number of hydrogen-bond donors (Lipinski definition) is 0. The second kappa shape index (κ2) is 6.48. The Balaban J connectivity index is 1.60. The Labute approximate surface area is 135 Å². The summed E-state index contributed by atoms with van der Waals surface area (Å²) in [6.45, 7) is 0.714. The molecule has 1 atom stereocenters. The van der Waals surface area contributed by atoms with Crippen molar-refractivity contribution in [2.45, 2.75) is 25.4 Å². The average molecular weight is 336 g/mol. The SMILES string of the molecule is CN(Cc1csc(Cc2ccccc2)n1)C1CCS(=O)(=O)C1. The third-order valence-corrected chi connectivity index (χ3v) is 6.69. The summed E-state index contributed by atoms with van der Waals surface area (Å²) in [6.07, 6.45) is 1.59. The van der Waals surface area contributed by atoms with Crippen LogP contribution in [0.3, 0.4) is 0 Å². The first-order valence-electron chi connectivity index (χ1n) is 7.40. The van der Waals surface area contributed by atoms with Crippen LogP contribution in [0.1, 0.15) is 22.7 Å². The minimum absolute atomic E-state index is 0.129. The zero-order valence-corrected chi connectivity index (χ0v) is 14.2. The maximum Gasteiger partial charge on any atom is 0.151 e. The highest BCUT2D eigenvalue weighted by Crippen LogP contribution is 2.20. The first kappa shape index (κ1) is 15.6. The van der Waals surface area contributed by atoms with Crippen LogP contribution < -0.4 is 0 Å². The molecule has 0 bridgehead atoms. The van der Waals surface area contributed by atoms with Crippen LogP contribution in [0.2, 0.25) is 0 Å². The zero-order valence-electron chi connectivity index (χ0n) is 12.6. The molecule has 0 amide bonds. The van der Waals surface area contributed by atoms with Gasteiger partial charge in [0.15, 0.2) is 9.84 Å². The van der Waals surface area contributed by atoms with Crippen LogP contribution in [0.15, 0.2) is 35.7 Å². The number of hydrogen-bond acceptors (Lipinski definition) is 5. The monoisotopic (exact) mass is 336 g/mol. The third-order valence-electron chi connectivity index (χ3n) is 4.04. The molecule has 1 saturated heterocycles. The number of sulfone groups is 1. The quantitative estimate of drug-likeness (QED) is 0.841. The summed E-state index contributed by atoms with van der Waals surface area (Å²) in [6, 6.07) is 10.4. The van der Waals surface area contributed by atoms with E-state index in [2.05, 4.69) is 27.4 Å². The van der Waals surface area contributed by atoms with Crippen molar-refractivity contribution in [1.82, 2.24) is 9.88 Å². The van der Waals surface area contributed by atoms with Gasteiger partial charge in [-0.15, -0.1) is 11.3 Å². The zero-order chi connectivity index (χ0) is 15.6. The van der Waals surface area contributed by atoms with Gasteiger partial charge in [0.2, 0.25) is 0 Å². The highest BCUT2D eigenvalue weighted by molar-refractivity contribution is 7.91. The first-order valence-corrected chi connectivity index (χ1v) is 10.1. The van der Waals surface area contributed by atoms with E-state index in [0.29, 0.717) is 12.3 Å². The summed E-state index contributed by atoms with van der Waals surface area (Å²) in [7, 11) is -0.840. The summed E-state index contributed by atoms with van der Waals surface area (Å²) in [5.74, 6) is 0.600. The lowest BCUT2D eigenvalue weighted by Crippen LogP contribution is -2.32. The largest absolute Gasteiger partial charge is 0.297 e. The summed E-state index contributed by atoms with van der Waals surface area (Å²) in [5, 5.41) is 3.19. The van der Waals surface area contributed by atoms with Gasteiger partial charge >= 0.3 is 0 Å². The standard InChI is InChI=1S/C16H20N2O2S2/c1-18(15-7-8-22(19,20)12-15)10-14-11-21-16(17-14)9-13-5-3-2-4-6-13/h2-6,11,15H,7-10,12H2,1H3. The predicted octanol–water partition coefficient (Wildman–Crippen LogP) is 2.35. The molecule has 1 aliphatic rings. The maximum atomic E-state index is 11.6. The molecule has 1 aromatic heterocycles. The number of rotatable bonds is 5. The van der Waals surface area contributed by atoms with Crippen LogP contribution in [0.5, 0.6) is 0 Å². The molecule has 6 heteroatoms. The second-order valence-electron chi connectivity index (χ2n) is 5.87. The number of nitrogens with zero attached hydrogens (tertiary/aromatic N) is 2. The smallest absolute Gasteiger partial charge is 0.151 e. The molecule has 22 heavy (non-hydrogen) atoms. The van der Waals surface area contributed by atoms with Crippen molar-refractivity contribution in [1.29, 1.82) is 0 Å². The molecule has 3 rings (SSSR count). The van der Waals surface area contributed by atoms with E-state index in [1.165, 1.54) is 5.56 Å². The van der Waals surface area contributed by atoms with Gasteiger partial charge in [-0.3, -0.25) is 4.90 Å². The van der Waals surface area contributed by atoms with Crippen molar-refractivity contribution in [2.24, 2.45) is 0 Å². The molecule has 1 fully saturated rings. The molecular weight excluding hydrogens is 316 g/mol. The molecule has 1 aromatic carbocycles. The number of thiazole rings is 1. The van der Waals surface area contributed by atoms with Crippen LogP contribution in [0.25, 0.3) is 0 Å². The topological polar surface area (TPSA) is 50.3 Å². The Kier molecular flexibility index (Phi) is 4.61. The van der Waals surface area contributed by atoms with Crippen molar-refractivity contribution in [3.05, 3.63) is 52.0 Å². The summed E-state index contributed by atoms with van der Waals surface area (Å²) >= 11 is 1.67. The fraction of sp³-hybridized carbons (Fsp3) is 0.438. The van der Waals surface area contributed by atoms with E-state index in [1.807, 2.05) is 25.2 Å². The first-order chi connectivity index (χ1) is 10.5. The Morgan fingerprint density at radius 1 is 1.32 bits per heavy atom. The Morgan fingerprint density at radius 3 is 2.77 bits per heavy atom. The van der Waals surface area contributed by atoms with Gasteiger partial charge in [-0.1, -0.05) is 30.3 Å². The molecule has 1 unspecified atom stereocenters. The minimum Gasteiger partial charge on any atom is -0.297 e. The molecule has 1 aliphatic heterocycles.